The molecule has 0 saturated carbocycles. The van der Waals surface area contributed by atoms with Crippen LogP contribution in [0, 0.1) is 18.8 Å². The first-order valence-corrected chi connectivity index (χ1v) is 7.54. The molecule has 1 fully saturated rings. The van der Waals surface area contributed by atoms with E-state index in [1.54, 1.807) is 0 Å². The van der Waals surface area contributed by atoms with E-state index < -0.39 is 29.7 Å². The molecule has 2 rings (SSSR count). The number of halogens is 3. The molecule has 1 aliphatic heterocycles. The lowest BCUT2D eigenvalue weighted by molar-refractivity contribution is -0.143. The van der Waals surface area contributed by atoms with Crippen LogP contribution in [0.1, 0.15) is 24.5 Å². The van der Waals surface area contributed by atoms with Crippen molar-refractivity contribution in [3.63, 3.8) is 0 Å². The van der Waals surface area contributed by atoms with Gasteiger partial charge in [0.05, 0.1) is 11.5 Å². The number of carbonyl (C=O) groups is 2. The summed E-state index contributed by atoms with van der Waals surface area (Å²) in [4.78, 5) is 24.8. The van der Waals surface area contributed by atoms with E-state index in [0.29, 0.717) is 13.0 Å². The maximum atomic E-state index is 12.7. The first-order valence-electron chi connectivity index (χ1n) is 7.54. The van der Waals surface area contributed by atoms with Gasteiger partial charge in [-0.2, -0.15) is 13.2 Å². The Hall–Kier alpha value is -2.25. The Bertz CT molecular complexity index is 646. The molecule has 132 valence electrons. The van der Waals surface area contributed by atoms with Gasteiger partial charge in [-0.3, -0.25) is 4.79 Å². The fourth-order valence-corrected chi connectivity index (χ4v) is 2.96. The maximum absolute atomic E-state index is 12.7. The summed E-state index contributed by atoms with van der Waals surface area (Å²) in [6, 6.07) is 2.86. The lowest BCUT2D eigenvalue weighted by Gasteiger charge is -2.34. The molecule has 0 spiro atoms. The number of carboxylic acid groups (broad SMARTS) is 1. The zero-order valence-electron chi connectivity index (χ0n) is 13.4. The fraction of sp³-hybridized carbons (Fsp3) is 0.500. The molecule has 1 saturated heterocycles. The van der Waals surface area contributed by atoms with E-state index in [1.807, 2.05) is 6.92 Å². The van der Waals surface area contributed by atoms with Gasteiger partial charge in [-0.15, -0.1) is 0 Å². The van der Waals surface area contributed by atoms with Crippen LogP contribution < -0.4 is 5.32 Å². The van der Waals surface area contributed by atoms with Gasteiger partial charge in [0.2, 0.25) is 0 Å². The number of carbonyl (C=O) groups excluding carboxylic acids is 1. The van der Waals surface area contributed by atoms with Crippen LogP contribution in [-0.2, 0) is 11.0 Å². The zero-order chi connectivity index (χ0) is 18.1. The van der Waals surface area contributed by atoms with Crippen molar-refractivity contribution in [2.45, 2.75) is 26.4 Å². The third kappa shape index (κ3) is 4.18. The lowest BCUT2D eigenvalue weighted by Crippen LogP contribution is -2.47. The van der Waals surface area contributed by atoms with Gasteiger partial charge < -0.3 is 15.3 Å². The Kier molecular flexibility index (Phi) is 5.05. The van der Waals surface area contributed by atoms with Crippen molar-refractivity contribution in [3.05, 3.63) is 29.3 Å². The average molecular weight is 344 g/mol. The number of nitrogens with one attached hydrogen (secondary N) is 1. The molecule has 5 nitrogen and oxygen atoms in total. The molecule has 24 heavy (non-hydrogen) atoms. The van der Waals surface area contributed by atoms with Crippen LogP contribution in [0.25, 0.3) is 0 Å². The van der Waals surface area contributed by atoms with E-state index in [4.69, 9.17) is 5.11 Å². The van der Waals surface area contributed by atoms with Gasteiger partial charge in [0.25, 0.3) is 0 Å². The van der Waals surface area contributed by atoms with Crippen molar-refractivity contribution in [1.82, 2.24) is 4.90 Å². The number of nitrogens with zero attached hydrogens (tertiary/aromatic N) is 1. The van der Waals surface area contributed by atoms with E-state index in [0.717, 1.165) is 6.07 Å². The van der Waals surface area contributed by atoms with Crippen molar-refractivity contribution >= 4 is 17.7 Å². The van der Waals surface area contributed by atoms with Crippen molar-refractivity contribution in [2.24, 2.45) is 11.8 Å². The summed E-state index contributed by atoms with van der Waals surface area (Å²) in [6.45, 7) is 3.68. The highest BCUT2D eigenvalue weighted by molar-refractivity contribution is 5.90. The minimum Gasteiger partial charge on any atom is -0.481 e. The van der Waals surface area contributed by atoms with Gasteiger partial charge in [0, 0.05) is 18.8 Å². The van der Waals surface area contributed by atoms with Crippen LogP contribution in [0.15, 0.2) is 18.2 Å². The molecule has 1 aromatic rings. The molecular weight excluding hydrogens is 325 g/mol. The monoisotopic (exact) mass is 344 g/mol. The van der Waals surface area contributed by atoms with E-state index >= 15 is 0 Å². The number of likely N-dealkylation sites (tertiary alicyclic amines) is 1. The van der Waals surface area contributed by atoms with Crippen LogP contribution in [0.5, 0.6) is 0 Å². The number of benzene rings is 1. The van der Waals surface area contributed by atoms with Gasteiger partial charge >= 0.3 is 18.2 Å². The summed E-state index contributed by atoms with van der Waals surface area (Å²) >= 11 is 0. The summed E-state index contributed by atoms with van der Waals surface area (Å²) in [5, 5.41) is 11.7. The molecule has 1 aromatic carbocycles. The van der Waals surface area contributed by atoms with E-state index in [-0.39, 0.29) is 23.7 Å². The lowest BCUT2D eigenvalue weighted by atomic mass is 9.91. The first kappa shape index (κ1) is 18.1. The minimum atomic E-state index is -4.44. The molecule has 1 aliphatic rings. The number of rotatable bonds is 2. The van der Waals surface area contributed by atoms with Gasteiger partial charge in [0.1, 0.15) is 0 Å². The van der Waals surface area contributed by atoms with Crippen LogP contribution >= 0.6 is 0 Å². The Morgan fingerprint density at radius 2 is 1.96 bits per heavy atom. The molecule has 2 unspecified atom stereocenters. The molecule has 0 aliphatic carbocycles. The predicted molar refractivity (Wildman–Crippen MR) is 81.7 cm³/mol. The summed E-state index contributed by atoms with van der Waals surface area (Å²) in [5.41, 5.74) is -0.496. The summed E-state index contributed by atoms with van der Waals surface area (Å²) in [6.07, 6.45) is -3.94. The molecular formula is C16H19F3N2O3. The summed E-state index contributed by atoms with van der Waals surface area (Å²) in [5.74, 6) is -1.54. The Labute approximate surface area is 137 Å². The highest BCUT2D eigenvalue weighted by Gasteiger charge is 2.33. The smallest absolute Gasteiger partial charge is 0.416 e. The van der Waals surface area contributed by atoms with Crippen molar-refractivity contribution < 1.29 is 27.9 Å². The van der Waals surface area contributed by atoms with E-state index in [9.17, 15) is 22.8 Å². The predicted octanol–water partition coefficient (Wildman–Crippen LogP) is 3.59. The van der Waals surface area contributed by atoms with Crippen LogP contribution in [-0.4, -0.2) is 35.1 Å². The largest absolute Gasteiger partial charge is 0.481 e. The number of hydrogen-bond donors (Lipinski definition) is 2. The highest BCUT2D eigenvalue weighted by Crippen LogP contribution is 2.33. The van der Waals surface area contributed by atoms with Gasteiger partial charge in [-0.05, 0) is 43.0 Å². The quantitative estimate of drug-likeness (QED) is 0.861. The fourth-order valence-electron chi connectivity index (χ4n) is 2.96. The number of piperidine rings is 1. The normalized spacial score (nSPS) is 21.5. The van der Waals surface area contributed by atoms with Crippen LogP contribution in [0.3, 0.4) is 0 Å². The maximum Gasteiger partial charge on any atom is 0.416 e. The van der Waals surface area contributed by atoms with Gasteiger partial charge in [-0.25, -0.2) is 4.79 Å². The number of alkyl halides is 3. The molecule has 2 amide bonds. The van der Waals surface area contributed by atoms with Crippen molar-refractivity contribution in [1.29, 1.82) is 0 Å². The molecule has 2 N–H and O–H groups in total. The second-order valence-electron chi connectivity index (χ2n) is 6.24. The molecule has 0 bridgehead atoms. The third-order valence-electron chi connectivity index (χ3n) is 4.08. The number of aliphatic carboxylic acids is 1. The molecule has 0 radical (unpaired) electrons. The number of urea groups is 1. The zero-order valence-corrected chi connectivity index (χ0v) is 13.4. The molecule has 1 heterocycles. The van der Waals surface area contributed by atoms with Crippen LogP contribution in [0.2, 0.25) is 0 Å². The van der Waals surface area contributed by atoms with Gasteiger partial charge in [-0.1, -0.05) is 6.92 Å². The second kappa shape index (κ2) is 6.70. The minimum absolute atomic E-state index is 0.00993. The Balaban J connectivity index is 2.09. The topological polar surface area (TPSA) is 69.6 Å². The number of carboxylic acids is 1. The average Bonchev–Trinajstić information content (AvgIpc) is 2.45. The molecule has 0 aromatic heterocycles. The molecule has 8 heteroatoms. The van der Waals surface area contributed by atoms with Crippen molar-refractivity contribution in [3.8, 4) is 0 Å². The third-order valence-corrected chi connectivity index (χ3v) is 4.08. The number of amides is 2. The Morgan fingerprint density at radius 1 is 1.29 bits per heavy atom. The summed E-state index contributed by atoms with van der Waals surface area (Å²) in [7, 11) is 0. The number of hydrogen-bond acceptors (Lipinski definition) is 2. The van der Waals surface area contributed by atoms with Gasteiger partial charge in [0.15, 0.2) is 0 Å². The van der Waals surface area contributed by atoms with E-state index in [1.165, 1.54) is 24.0 Å². The Morgan fingerprint density at radius 3 is 2.50 bits per heavy atom. The van der Waals surface area contributed by atoms with Crippen LogP contribution in [0.4, 0.5) is 23.7 Å². The highest BCUT2D eigenvalue weighted by atomic mass is 19.4. The molecule has 2 atom stereocenters. The SMILES string of the molecule is Cc1cc(NC(=O)N2CC(C)CC(C(=O)O)C2)ccc1C(F)(F)F. The van der Waals surface area contributed by atoms with Crippen molar-refractivity contribution in [2.75, 3.05) is 18.4 Å². The number of anilines is 1. The van der Waals surface area contributed by atoms with E-state index in [2.05, 4.69) is 5.32 Å². The first-order chi connectivity index (χ1) is 11.1. The second-order valence-corrected chi connectivity index (χ2v) is 6.24. The standard InChI is InChI=1S/C16H19F3N2O3/c1-9-5-11(14(22)23)8-21(7-9)15(24)20-12-3-4-13(10(2)6-12)16(17,18)19/h3-4,6,9,11H,5,7-8H2,1-2H3,(H,20,24)(H,22,23). The number of aryl methyl sites for hydroxylation is 1. The summed E-state index contributed by atoms with van der Waals surface area (Å²) < 4.78 is 38.2.